The van der Waals surface area contributed by atoms with Gasteiger partial charge in [0.2, 0.25) is 29.5 Å². The van der Waals surface area contributed by atoms with Crippen LogP contribution in [0.25, 0.3) is 0 Å². The van der Waals surface area contributed by atoms with E-state index in [-0.39, 0.29) is 43.9 Å². The Morgan fingerprint density at radius 3 is 2.09 bits per heavy atom. The van der Waals surface area contributed by atoms with Crippen LogP contribution >= 0.6 is 0 Å². The number of primary amides is 1. The molecule has 0 spiro atoms. The Morgan fingerprint density at radius 1 is 0.932 bits per heavy atom. The molecule has 5 atom stereocenters. The molecule has 1 heterocycles. The lowest BCUT2D eigenvalue weighted by molar-refractivity contribution is -0.149. The third-order valence-electron chi connectivity index (χ3n) is 7.43. The van der Waals surface area contributed by atoms with Crippen LogP contribution in [-0.4, -0.2) is 87.4 Å². The van der Waals surface area contributed by atoms with Crippen LogP contribution in [0, 0.1) is 11.8 Å². The van der Waals surface area contributed by atoms with E-state index in [1.54, 1.807) is 26.0 Å². The number of carbonyl (C=O) groups excluding carboxylic acids is 5. The quantitative estimate of drug-likeness (QED) is 0.129. The molecule has 0 radical (unpaired) electrons. The molecule has 5 amide bonds. The zero-order valence-corrected chi connectivity index (χ0v) is 25.7. The lowest BCUT2D eigenvalue weighted by Crippen LogP contribution is -2.60. The number of nitrogens with one attached hydrogen (secondary N) is 3. The van der Waals surface area contributed by atoms with Crippen molar-refractivity contribution < 1.29 is 39.0 Å². The molecule has 0 aromatic heterocycles. The van der Waals surface area contributed by atoms with Gasteiger partial charge in [-0.05, 0) is 55.2 Å². The summed E-state index contributed by atoms with van der Waals surface area (Å²) in [5.74, 6) is -4.79. The maximum Gasteiger partial charge on any atom is 0.326 e. The van der Waals surface area contributed by atoms with Gasteiger partial charge < -0.3 is 42.5 Å². The van der Waals surface area contributed by atoms with Crippen molar-refractivity contribution in [2.75, 3.05) is 6.54 Å². The second kappa shape index (κ2) is 16.6. The predicted octanol–water partition coefficient (Wildman–Crippen LogP) is -0.240. The summed E-state index contributed by atoms with van der Waals surface area (Å²) < 4.78 is 0. The van der Waals surface area contributed by atoms with Gasteiger partial charge in [-0.15, -0.1) is 0 Å². The number of phenolic OH excluding ortho intramolecular Hbond substituents is 1. The largest absolute Gasteiger partial charge is 0.508 e. The molecular formula is C30H46N6O8. The van der Waals surface area contributed by atoms with Crippen molar-refractivity contribution in [3.05, 3.63) is 29.8 Å². The summed E-state index contributed by atoms with van der Waals surface area (Å²) in [6.07, 6.45) is 0.805. The van der Waals surface area contributed by atoms with Gasteiger partial charge in [-0.3, -0.25) is 24.0 Å². The fourth-order valence-corrected chi connectivity index (χ4v) is 5.05. The average molecular weight is 619 g/mol. The van der Waals surface area contributed by atoms with Crippen molar-refractivity contribution in [1.29, 1.82) is 0 Å². The lowest BCUT2D eigenvalue weighted by Gasteiger charge is -2.30. The Hall–Kier alpha value is -4.20. The molecule has 0 saturated carbocycles. The molecule has 0 aliphatic carbocycles. The van der Waals surface area contributed by atoms with Crippen molar-refractivity contribution in [2.45, 2.75) is 96.4 Å². The van der Waals surface area contributed by atoms with Gasteiger partial charge in [0.05, 0.1) is 6.04 Å². The maximum absolute atomic E-state index is 13.6. The Bertz CT molecular complexity index is 1190. The molecular weight excluding hydrogens is 572 g/mol. The Balaban J connectivity index is 2.28. The molecule has 1 fully saturated rings. The van der Waals surface area contributed by atoms with Crippen molar-refractivity contribution in [1.82, 2.24) is 20.9 Å². The summed E-state index contributed by atoms with van der Waals surface area (Å²) in [5, 5.41) is 27.2. The second-order valence-electron chi connectivity index (χ2n) is 12.0. The number of carboxylic acid groups (broad SMARTS) is 1. The summed E-state index contributed by atoms with van der Waals surface area (Å²) in [7, 11) is 0. The Labute approximate surface area is 257 Å². The van der Waals surface area contributed by atoms with Gasteiger partial charge in [-0.2, -0.15) is 0 Å². The zero-order valence-electron chi connectivity index (χ0n) is 25.7. The highest BCUT2D eigenvalue weighted by molar-refractivity contribution is 5.96. The summed E-state index contributed by atoms with van der Waals surface area (Å²) in [6, 6.07) is 0.550. The molecule has 44 heavy (non-hydrogen) atoms. The molecule has 1 saturated heterocycles. The van der Waals surface area contributed by atoms with Gasteiger partial charge in [0, 0.05) is 19.4 Å². The lowest BCUT2D eigenvalue weighted by atomic mass is 9.99. The van der Waals surface area contributed by atoms with Gasteiger partial charge in [0.15, 0.2) is 0 Å². The van der Waals surface area contributed by atoms with E-state index in [0.717, 1.165) is 0 Å². The smallest absolute Gasteiger partial charge is 0.326 e. The van der Waals surface area contributed by atoms with Gasteiger partial charge in [0.25, 0.3) is 0 Å². The number of aliphatic carboxylic acids is 1. The van der Waals surface area contributed by atoms with Crippen molar-refractivity contribution in [3.8, 4) is 5.75 Å². The van der Waals surface area contributed by atoms with Crippen LogP contribution in [0.2, 0.25) is 0 Å². The Kier molecular flexibility index (Phi) is 13.6. The molecule has 1 aliphatic heterocycles. The van der Waals surface area contributed by atoms with Gasteiger partial charge in [-0.25, -0.2) is 4.79 Å². The van der Waals surface area contributed by atoms with Gasteiger partial charge in [0.1, 0.15) is 29.9 Å². The number of hydrogen-bond donors (Lipinski definition) is 7. The molecule has 1 aromatic rings. The van der Waals surface area contributed by atoms with E-state index in [4.69, 9.17) is 11.5 Å². The molecule has 244 valence electrons. The number of nitrogens with zero attached hydrogens (tertiary/aromatic N) is 1. The van der Waals surface area contributed by atoms with Crippen LogP contribution in [-0.2, 0) is 35.2 Å². The first-order valence-electron chi connectivity index (χ1n) is 14.9. The number of carbonyl (C=O) groups is 6. The molecule has 14 heteroatoms. The fourth-order valence-electron chi connectivity index (χ4n) is 5.05. The van der Waals surface area contributed by atoms with E-state index in [1.165, 1.54) is 17.0 Å². The van der Waals surface area contributed by atoms with Crippen LogP contribution in [0.5, 0.6) is 5.75 Å². The predicted molar refractivity (Wildman–Crippen MR) is 161 cm³/mol. The topological polar surface area (TPSA) is 234 Å². The first kappa shape index (κ1) is 36.0. The minimum Gasteiger partial charge on any atom is -0.508 e. The molecule has 9 N–H and O–H groups in total. The maximum atomic E-state index is 13.6. The van der Waals surface area contributed by atoms with E-state index in [1.807, 2.05) is 13.8 Å². The second-order valence-corrected chi connectivity index (χ2v) is 12.0. The van der Waals surface area contributed by atoms with Crippen LogP contribution in [0.1, 0.15) is 65.4 Å². The standard InChI is InChI=1S/C30H46N6O8/c1-16(2)14-20(31)26(39)33-21(11-12-24(32)38)27(40)35-25(17(3)4)28(41)34-22(15-18-7-9-19(37)10-8-18)29(42)36-13-5-6-23(36)30(43)44/h7-10,16-17,20-23,25,37H,5-6,11-15,31H2,1-4H3,(H2,32,38)(H,33,39)(H,34,41)(H,35,40)(H,43,44)/t20-,21-,22-,23-,25-/m0/s1. The number of carboxylic acids is 1. The van der Waals surface area contributed by atoms with Crippen LogP contribution in [0.15, 0.2) is 24.3 Å². The summed E-state index contributed by atoms with van der Waals surface area (Å²) in [4.78, 5) is 77.8. The number of likely N-dealkylation sites (tertiary alicyclic amines) is 1. The number of rotatable bonds is 16. The van der Waals surface area contributed by atoms with E-state index in [9.17, 15) is 39.0 Å². The average Bonchev–Trinajstić information content (AvgIpc) is 3.44. The number of amides is 5. The van der Waals surface area contributed by atoms with Crippen molar-refractivity contribution >= 4 is 35.5 Å². The summed E-state index contributed by atoms with van der Waals surface area (Å²) in [6.45, 7) is 7.35. The van der Waals surface area contributed by atoms with Gasteiger partial charge in [-0.1, -0.05) is 39.8 Å². The first-order chi connectivity index (χ1) is 20.6. The highest BCUT2D eigenvalue weighted by atomic mass is 16.4. The highest BCUT2D eigenvalue weighted by Crippen LogP contribution is 2.20. The van der Waals surface area contributed by atoms with E-state index in [2.05, 4.69) is 16.0 Å². The third-order valence-corrected chi connectivity index (χ3v) is 7.43. The Morgan fingerprint density at radius 2 is 1.55 bits per heavy atom. The SMILES string of the molecule is CC(C)C[C@H](N)C(=O)N[C@@H](CCC(N)=O)C(=O)N[C@H](C(=O)N[C@@H](Cc1ccc(O)cc1)C(=O)N1CCC[C@H]1C(=O)O)C(C)C. The first-order valence-corrected chi connectivity index (χ1v) is 14.9. The monoisotopic (exact) mass is 618 g/mol. The number of phenols is 1. The van der Waals surface area contributed by atoms with E-state index >= 15 is 0 Å². The van der Waals surface area contributed by atoms with Crippen molar-refractivity contribution in [3.63, 3.8) is 0 Å². The molecule has 1 aliphatic rings. The molecule has 0 bridgehead atoms. The zero-order chi connectivity index (χ0) is 33.1. The molecule has 2 rings (SSSR count). The van der Waals surface area contributed by atoms with E-state index in [0.29, 0.717) is 18.4 Å². The third kappa shape index (κ3) is 10.8. The number of aromatic hydroxyl groups is 1. The number of benzene rings is 1. The van der Waals surface area contributed by atoms with Crippen LogP contribution < -0.4 is 27.4 Å². The highest BCUT2D eigenvalue weighted by Gasteiger charge is 2.39. The van der Waals surface area contributed by atoms with Gasteiger partial charge >= 0.3 is 5.97 Å². The fraction of sp³-hybridized carbons (Fsp3) is 0.600. The van der Waals surface area contributed by atoms with Crippen LogP contribution in [0.3, 0.4) is 0 Å². The van der Waals surface area contributed by atoms with E-state index < -0.39 is 71.6 Å². The van der Waals surface area contributed by atoms with Crippen LogP contribution in [0.4, 0.5) is 0 Å². The minimum absolute atomic E-state index is 0.00249. The number of nitrogens with two attached hydrogens (primary N) is 2. The number of hydrogen-bond acceptors (Lipinski definition) is 8. The molecule has 1 aromatic carbocycles. The molecule has 0 unspecified atom stereocenters. The molecule has 14 nitrogen and oxygen atoms in total. The summed E-state index contributed by atoms with van der Waals surface area (Å²) >= 11 is 0. The normalized spacial score (nSPS) is 17.4. The minimum atomic E-state index is -1.21. The van der Waals surface area contributed by atoms with Crippen molar-refractivity contribution in [2.24, 2.45) is 23.3 Å². The summed E-state index contributed by atoms with van der Waals surface area (Å²) in [5.41, 5.74) is 11.8.